The summed E-state index contributed by atoms with van der Waals surface area (Å²) in [6.07, 6.45) is 1.73. The lowest BCUT2D eigenvalue weighted by Crippen LogP contribution is -2.11. The second-order valence-corrected chi connectivity index (χ2v) is 6.61. The Balaban J connectivity index is 2.13. The van der Waals surface area contributed by atoms with Crippen LogP contribution >= 0.6 is 39.1 Å². The highest BCUT2D eigenvalue weighted by atomic mass is 79.9. The first-order valence-electron chi connectivity index (χ1n) is 6.75. The summed E-state index contributed by atoms with van der Waals surface area (Å²) < 4.78 is 6.39. The molecule has 0 aromatic heterocycles. The highest BCUT2D eigenvalue weighted by molar-refractivity contribution is 9.10. The van der Waals surface area contributed by atoms with Gasteiger partial charge in [0.2, 0.25) is 0 Å². The molecule has 4 heteroatoms. The molecule has 0 fully saturated rings. The van der Waals surface area contributed by atoms with Crippen molar-refractivity contribution >= 4 is 39.1 Å². The number of halogens is 3. The topological polar surface area (TPSA) is 9.23 Å². The first kappa shape index (κ1) is 16.7. The molecule has 0 bridgehead atoms. The number of methoxy groups -OCH3 is 1. The highest BCUT2D eigenvalue weighted by Crippen LogP contribution is 2.27. The van der Waals surface area contributed by atoms with Crippen LogP contribution in [-0.2, 0) is 12.8 Å². The van der Waals surface area contributed by atoms with Crippen molar-refractivity contribution in [2.75, 3.05) is 13.0 Å². The zero-order valence-corrected chi connectivity index (χ0v) is 14.9. The maximum absolute atomic E-state index is 6.29. The van der Waals surface area contributed by atoms with Crippen LogP contribution in [0.1, 0.15) is 11.1 Å². The minimum atomic E-state index is 0.321. The minimum Gasteiger partial charge on any atom is -0.496 e. The summed E-state index contributed by atoms with van der Waals surface area (Å²) in [5.41, 5.74) is 2.30. The van der Waals surface area contributed by atoms with Crippen LogP contribution in [0.25, 0.3) is 0 Å². The predicted molar refractivity (Wildman–Crippen MR) is 93.8 cm³/mol. The van der Waals surface area contributed by atoms with Gasteiger partial charge in [0.25, 0.3) is 0 Å². The Bertz CT molecular complexity index is 601. The third-order valence-electron chi connectivity index (χ3n) is 3.44. The van der Waals surface area contributed by atoms with Gasteiger partial charge in [0.05, 0.1) is 7.11 Å². The molecule has 0 heterocycles. The lowest BCUT2D eigenvalue weighted by molar-refractivity contribution is 0.405. The van der Waals surface area contributed by atoms with Crippen LogP contribution in [0, 0.1) is 5.92 Å². The van der Waals surface area contributed by atoms with Gasteiger partial charge in [0.1, 0.15) is 5.75 Å². The van der Waals surface area contributed by atoms with E-state index in [4.69, 9.17) is 27.9 Å². The molecule has 0 saturated carbocycles. The second kappa shape index (κ2) is 8.07. The summed E-state index contributed by atoms with van der Waals surface area (Å²) in [5.74, 6) is 1.82. The Morgan fingerprint density at radius 3 is 2.48 bits per heavy atom. The van der Waals surface area contributed by atoms with Crippen LogP contribution < -0.4 is 4.74 Å². The fourth-order valence-electron chi connectivity index (χ4n) is 2.36. The van der Waals surface area contributed by atoms with Gasteiger partial charge in [-0.2, -0.15) is 0 Å². The molecule has 1 nitrogen and oxygen atoms in total. The summed E-state index contributed by atoms with van der Waals surface area (Å²) in [6, 6.07) is 14.0. The van der Waals surface area contributed by atoms with Crippen LogP contribution in [0.15, 0.2) is 46.9 Å². The van der Waals surface area contributed by atoms with Crippen molar-refractivity contribution in [1.82, 2.24) is 0 Å². The maximum Gasteiger partial charge on any atom is 0.122 e. The number of benzene rings is 2. The van der Waals surface area contributed by atoms with E-state index in [0.29, 0.717) is 11.8 Å². The lowest BCUT2D eigenvalue weighted by Gasteiger charge is -2.17. The minimum absolute atomic E-state index is 0.321. The van der Waals surface area contributed by atoms with E-state index >= 15 is 0 Å². The molecule has 0 saturated heterocycles. The Kier molecular flexibility index (Phi) is 6.40. The lowest BCUT2D eigenvalue weighted by atomic mass is 9.93. The average molecular weight is 388 g/mol. The maximum atomic E-state index is 6.29. The Morgan fingerprint density at radius 2 is 1.81 bits per heavy atom. The molecule has 2 aromatic rings. The molecule has 0 aliphatic heterocycles. The van der Waals surface area contributed by atoms with E-state index < -0.39 is 0 Å². The number of para-hydroxylation sites is 1. The SMILES string of the molecule is COc1ccccc1CC(CCl)Cc1ccc(Br)cc1Cl. The molecular weight excluding hydrogens is 371 g/mol. The molecular formula is C17H17BrCl2O. The third kappa shape index (κ3) is 4.64. The molecule has 2 aromatic carbocycles. The summed E-state index contributed by atoms with van der Waals surface area (Å²) >= 11 is 15.9. The molecule has 0 N–H and O–H groups in total. The number of hydrogen-bond acceptors (Lipinski definition) is 1. The monoisotopic (exact) mass is 386 g/mol. The summed E-state index contributed by atoms with van der Waals surface area (Å²) in [6.45, 7) is 0. The summed E-state index contributed by atoms with van der Waals surface area (Å²) in [5, 5.41) is 0.777. The predicted octanol–water partition coefficient (Wildman–Crippen LogP) is 5.75. The zero-order valence-electron chi connectivity index (χ0n) is 11.8. The molecule has 0 amide bonds. The van der Waals surface area contributed by atoms with Crippen LogP contribution in [0.2, 0.25) is 5.02 Å². The van der Waals surface area contributed by atoms with Crippen molar-refractivity contribution in [2.45, 2.75) is 12.8 Å². The number of alkyl halides is 1. The van der Waals surface area contributed by atoms with E-state index in [1.54, 1.807) is 7.11 Å². The van der Waals surface area contributed by atoms with Gasteiger partial charge < -0.3 is 4.74 Å². The Morgan fingerprint density at radius 1 is 1.10 bits per heavy atom. The van der Waals surface area contributed by atoms with Gasteiger partial charge in [0, 0.05) is 15.4 Å². The zero-order chi connectivity index (χ0) is 15.2. The van der Waals surface area contributed by atoms with Gasteiger partial charge in [-0.3, -0.25) is 0 Å². The molecule has 1 unspecified atom stereocenters. The molecule has 2 rings (SSSR count). The van der Waals surface area contributed by atoms with Gasteiger partial charge in [-0.05, 0) is 48.1 Å². The fourth-order valence-corrected chi connectivity index (χ4v) is 3.33. The number of hydrogen-bond donors (Lipinski definition) is 0. The molecule has 0 aliphatic carbocycles. The standard InChI is InChI=1S/C17H17BrCl2O/c1-21-17-5-3-2-4-14(17)9-12(11-19)8-13-6-7-15(18)10-16(13)20/h2-7,10,12H,8-9,11H2,1H3. The van der Waals surface area contributed by atoms with Gasteiger partial charge >= 0.3 is 0 Å². The molecule has 1 atom stereocenters. The van der Waals surface area contributed by atoms with Gasteiger partial charge in [-0.25, -0.2) is 0 Å². The number of rotatable bonds is 6. The number of ether oxygens (including phenoxy) is 1. The molecule has 0 aliphatic rings. The van der Waals surface area contributed by atoms with E-state index in [-0.39, 0.29) is 0 Å². The molecule has 0 spiro atoms. The quantitative estimate of drug-likeness (QED) is 0.573. The van der Waals surface area contributed by atoms with Crippen LogP contribution in [0.4, 0.5) is 0 Å². The molecule has 0 radical (unpaired) electrons. The molecule has 112 valence electrons. The normalized spacial score (nSPS) is 12.2. The van der Waals surface area contributed by atoms with Crippen molar-refractivity contribution in [2.24, 2.45) is 5.92 Å². The van der Waals surface area contributed by atoms with Crippen LogP contribution in [0.5, 0.6) is 5.75 Å². The Hall–Kier alpha value is -0.700. The van der Waals surface area contributed by atoms with E-state index in [1.807, 2.05) is 36.4 Å². The fraction of sp³-hybridized carbons (Fsp3) is 0.294. The first-order chi connectivity index (χ1) is 10.1. The van der Waals surface area contributed by atoms with E-state index in [0.717, 1.165) is 33.6 Å². The average Bonchev–Trinajstić information content (AvgIpc) is 2.49. The summed E-state index contributed by atoms with van der Waals surface area (Å²) in [7, 11) is 1.69. The van der Waals surface area contributed by atoms with E-state index in [2.05, 4.69) is 22.0 Å². The van der Waals surface area contributed by atoms with Gasteiger partial charge in [-0.15, -0.1) is 11.6 Å². The third-order valence-corrected chi connectivity index (χ3v) is 4.72. The highest BCUT2D eigenvalue weighted by Gasteiger charge is 2.14. The van der Waals surface area contributed by atoms with Crippen molar-refractivity contribution in [3.63, 3.8) is 0 Å². The van der Waals surface area contributed by atoms with Crippen molar-refractivity contribution in [3.05, 3.63) is 63.1 Å². The largest absolute Gasteiger partial charge is 0.496 e. The first-order valence-corrected chi connectivity index (χ1v) is 8.46. The van der Waals surface area contributed by atoms with E-state index in [1.165, 1.54) is 5.56 Å². The smallest absolute Gasteiger partial charge is 0.122 e. The van der Waals surface area contributed by atoms with Gasteiger partial charge in [0.15, 0.2) is 0 Å². The van der Waals surface area contributed by atoms with E-state index in [9.17, 15) is 0 Å². The second-order valence-electron chi connectivity index (χ2n) is 4.98. The van der Waals surface area contributed by atoms with Crippen molar-refractivity contribution in [3.8, 4) is 5.75 Å². The van der Waals surface area contributed by atoms with Crippen LogP contribution in [0.3, 0.4) is 0 Å². The Labute approximate surface area is 144 Å². The van der Waals surface area contributed by atoms with Crippen molar-refractivity contribution in [1.29, 1.82) is 0 Å². The van der Waals surface area contributed by atoms with Crippen LogP contribution in [-0.4, -0.2) is 13.0 Å². The summed E-state index contributed by atoms with van der Waals surface area (Å²) in [4.78, 5) is 0. The van der Waals surface area contributed by atoms with Gasteiger partial charge in [-0.1, -0.05) is 51.8 Å². The molecule has 21 heavy (non-hydrogen) atoms. The van der Waals surface area contributed by atoms with Crippen molar-refractivity contribution < 1.29 is 4.74 Å².